The van der Waals surface area contributed by atoms with Gasteiger partial charge in [0.2, 0.25) is 0 Å². The van der Waals surface area contributed by atoms with Crippen LogP contribution in [0.3, 0.4) is 0 Å². The molecule has 0 N–H and O–H groups in total. The molecule has 0 spiro atoms. The SMILES string of the molecule is COC1CN(CCOc2ccc(Br)cc2)CCC1C. The van der Waals surface area contributed by atoms with Crippen molar-refractivity contribution >= 4 is 15.9 Å². The number of hydrogen-bond donors (Lipinski definition) is 0. The van der Waals surface area contributed by atoms with Crippen molar-refractivity contribution in [1.82, 2.24) is 4.90 Å². The standard InChI is InChI=1S/C15H22BrNO2/c1-12-7-8-17(11-15(12)18-2)9-10-19-14-5-3-13(16)4-6-14/h3-6,12,15H,7-11H2,1-2H3. The van der Waals surface area contributed by atoms with E-state index in [1.807, 2.05) is 31.4 Å². The summed E-state index contributed by atoms with van der Waals surface area (Å²) in [6, 6.07) is 7.97. The molecule has 106 valence electrons. The van der Waals surface area contributed by atoms with Gasteiger partial charge in [0.1, 0.15) is 12.4 Å². The molecule has 0 radical (unpaired) electrons. The fraction of sp³-hybridized carbons (Fsp3) is 0.600. The third kappa shape index (κ3) is 4.48. The van der Waals surface area contributed by atoms with E-state index in [0.29, 0.717) is 12.0 Å². The molecule has 1 aromatic rings. The minimum absolute atomic E-state index is 0.362. The highest BCUT2D eigenvalue weighted by atomic mass is 79.9. The van der Waals surface area contributed by atoms with Gasteiger partial charge in [0, 0.05) is 24.7 Å². The number of hydrogen-bond acceptors (Lipinski definition) is 3. The topological polar surface area (TPSA) is 21.7 Å². The zero-order valence-corrected chi connectivity index (χ0v) is 13.2. The first-order valence-electron chi connectivity index (χ1n) is 6.82. The number of methoxy groups -OCH3 is 1. The molecule has 0 bridgehead atoms. The summed E-state index contributed by atoms with van der Waals surface area (Å²) in [4.78, 5) is 2.42. The van der Waals surface area contributed by atoms with Gasteiger partial charge in [0.05, 0.1) is 6.10 Å². The number of rotatable bonds is 5. The summed E-state index contributed by atoms with van der Waals surface area (Å²) in [5, 5.41) is 0. The van der Waals surface area contributed by atoms with Crippen LogP contribution >= 0.6 is 15.9 Å². The lowest BCUT2D eigenvalue weighted by atomic mass is 9.96. The van der Waals surface area contributed by atoms with Crippen molar-refractivity contribution in [1.29, 1.82) is 0 Å². The molecule has 19 heavy (non-hydrogen) atoms. The second kappa shape index (κ2) is 7.27. The lowest BCUT2D eigenvalue weighted by molar-refractivity contribution is -0.00788. The van der Waals surface area contributed by atoms with E-state index in [2.05, 4.69) is 27.8 Å². The van der Waals surface area contributed by atoms with Gasteiger partial charge >= 0.3 is 0 Å². The molecule has 1 aromatic carbocycles. The van der Waals surface area contributed by atoms with E-state index < -0.39 is 0 Å². The molecule has 0 aromatic heterocycles. The van der Waals surface area contributed by atoms with Gasteiger partial charge in [0.25, 0.3) is 0 Å². The van der Waals surface area contributed by atoms with Gasteiger partial charge < -0.3 is 9.47 Å². The second-order valence-corrected chi connectivity index (χ2v) is 6.06. The maximum absolute atomic E-state index is 5.76. The second-order valence-electron chi connectivity index (χ2n) is 5.14. The first kappa shape index (κ1) is 14.8. The summed E-state index contributed by atoms with van der Waals surface area (Å²) in [5.41, 5.74) is 0. The predicted octanol–water partition coefficient (Wildman–Crippen LogP) is 3.18. The van der Waals surface area contributed by atoms with Crippen molar-refractivity contribution in [2.24, 2.45) is 5.92 Å². The largest absolute Gasteiger partial charge is 0.492 e. The molecule has 1 aliphatic rings. The molecule has 0 amide bonds. The maximum Gasteiger partial charge on any atom is 0.119 e. The van der Waals surface area contributed by atoms with E-state index in [4.69, 9.17) is 9.47 Å². The molecule has 1 saturated heterocycles. The summed E-state index contributed by atoms with van der Waals surface area (Å²) < 4.78 is 12.4. The average molecular weight is 328 g/mol. The number of benzene rings is 1. The van der Waals surface area contributed by atoms with E-state index in [-0.39, 0.29) is 0 Å². The number of halogens is 1. The van der Waals surface area contributed by atoms with Crippen LogP contribution in [0.15, 0.2) is 28.7 Å². The van der Waals surface area contributed by atoms with Gasteiger partial charge in [-0.1, -0.05) is 22.9 Å². The molecule has 4 heteroatoms. The van der Waals surface area contributed by atoms with Crippen LogP contribution in [0.25, 0.3) is 0 Å². The fourth-order valence-electron chi connectivity index (χ4n) is 2.43. The van der Waals surface area contributed by atoms with Crippen LogP contribution in [-0.2, 0) is 4.74 Å². The Morgan fingerprint density at radius 3 is 2.74 bits per heavy atom. The van der Waals surface area contributed by atoms with Gasteiger partial charge in [-0.15, -0.1) is 0 Å². The van der Waals surface area contributed by atoms with Crippen LogP contribution < -0.4 is 4.74 Å². The van der Waals surface area contributed by atoms with Gasteiger partial charge in [-0.25, -0.2) is 0 Å². The third-order valence-electron chi connectivity index (χ3n) is 3.77. The highest BCUT2D eigenvalue weighted by molar-refractivity contribution is 9.10. The van der Waals surface area contributed by atoms with E-state index in [0.717, 1.165) is 36.5 Å². The molecular formula is C15H22BrNO2. The first-order valence-corrected chi connectivity index (χ1v) is 7.62. The number of ether oxygens (including phenoxy) is 2. The summed E-state index contributed by atoms with van der Waals surface area (Å²) >= 11 is 3.42. The fourth-order valence-corrected chi connectivity index (χ4v) is 2.70. The summed E-state index contributed by atoms with van der Waals surface area (Å²) in [5.74, 6) is 1.59. The van der Waals surface area contributed by atoms with Crippen LogP contribution in [0.4, 0.5) is 0 Å². The lowest BCUT2D eigenvalue weighted by Gasteiger charge is -2.36. The van der Waals surface area contributed by atoms with Gasteiger partial charge in [-0.3, -0.25) is 4.90 Å². The summed E-state index contributed by atoms with van der Waals surface area (Å²) in [6.07, 6.45) is 1.57. The van der Waals surface area contributed by atoms with Crippen LogP contribution in [-0.4, -0.2) is 44.4 Å². The Balaban J connectivity index is 1.72. The summed E-state index contributed by atoms with van der Waals surface area (Å²) in [7, 11) is 1.81. The van der Waals surface area contributed by atoms with Crippen molar-refractivity contribution in [2.75, 3.05) is 33.4 Å². The molecular weight excluding hydrogens is 306 g/mol. The highest BCUT2D eigenvalue weighted by Gasteiger charge is 2.25. The van der Waals surface area contributed by atoms with Gasteiger partial charge in [-0.2, -0.15) is 0 Å². The van der Waals surface area contributed by atoms with Crippen LogP contribution in [0, 0.1) is 5.92 Å². The molecule has 2 unspecified atom stereocenters. The molecule has 1 aliphatic heterocycles. The molecule has 3 nitrogen and oxygen atoms in total. The minimum Gasteiger partial charge on any atom is -0.492 e. The van der Waals surface area contributed by atoms with Crippen molar-refractivity contribution in [2.45, 2.75) is 19.4 Å². The molecule has 0 aliphatic carbocycles. The quantitative estimate of drug-likeness (QED) is 0.829. The molecule has 2 rings (SSSR count). The zero-order chi connectivity index (χ0) is 13.7. The van der Waals surface area contributed by atoms with Crippen molar-refractivity contribution < 1.29 is 9.47 Å². The van der Waals surface area contributed by atoms with E-state index in [9.17, 15) is 0 Å². The van der Waals surface area contributed by atoms with Gasteiger partial charge in [-0.05, 0) is 43.1 Å². The van der Waals surface area contributed by atoms with Crippen LogP contribution in [0.2, 0.25) is 0 Å². The van der Waals surface area contributed by atoms with Crippen molar-refractivity contribution in [3.63, 3.8) is 0 Å². The number of nitrogens with zero attached hydrogens (tertiary/aromatic N) is 1. The van der Waals surface area contributed by atoms with E-state index in [1.54, 1.807) is 0 Å². The molecule has 0 saturated carbocycles. The predicted molar refractivity (Wildman–Crippen MR) is 80.7 cm³/mol. The highest BCUT2D eigenvalue weighted by Crippen LogP contribution is 2.19. The Morgan fingerprint density at radius 2 is 2.05 bits per heavy atom. The van der Waals surface area contributed by atoms with Crippen LogP contribution in [0.5, 0.6) is 5.75 Å². The Bertz CT molecular complexity index is 382. The maximum atomic E-state index is 5.76. The molecule has 2 atom stereocenters. The smallest absolute Gasteiger partial charge is 0.119 e. The van der Waals surface area contributed by atoms with E-state index in [1.165, 1.54) is 6.42 Å². The van der Waals surface area contributed by atoms with Crippen molar-refractivity contribution in [3.8, 4) is 5.75 Å². The van der Waals surface area contributed by atoms with Crippen LogP contribution in [0.1, 0.15) is 13.3 Å². The Hall–Kier alpha value is -0.580. The van der Waals surface area contributed by atoms with E-state index >= 15 is 0 Å². The monoisotopic (exact) mass is 327 g/mol. The lowest BCUT2D eigenvalue weighted by Crippen LogP contribution is -2.45. The average Bonchev–Trinajstić information content (AvgIpc) is 2.43. The Kier molecular flexibility index (Phi) is 5.67. The first-order chi connectivity index (χ1) is 9.19. The Morgan fingerprint density at radius 1 is 1.32 bits per heavy atom. The van der Waals surface area contributed by atoms with Crippen molar-refractivity contribution in [3.05, 3.63) is 28.7 Å². The number of piperidine rings is 1. The minimum atomic E-state index is 0.362. The molecule has 1 heterocycles. The third-order valence-corrected chi connectivity index (χ3v) is 4.29. The summed E-state index contributed by atoms with van der Waals surface area (Å²) in [6.45, 7) is 6.12. The normalized spacial score (nSPS) is 24.4. The zero-order valence-electron chi connectivity index (χ0n) is 11.6. The molecule has 1 fully saturated rings. The number of likely N-dealkylation sites (tertiary alicyclic amines) is 1. The van der Waals surface area contributed by atoms with Gasteiger partial charge in [0.15, 0.2) is 0 Å². The Labute approximate surface area is 124 Å².